The number of morpholine rings is 1. The standard InChI is InChI=1S/C18H22FN5O/c1-14-3-2-4-15(6-5-14)11-21-23-18-20-12-16(19)17(22-18)13-24-7-9-25-10-8-24/h2-4,6,11-12H,5,7-10,13H2,1H3,(H,20,22,23)/b21-11+. The van der Waals surface area contributed by atoms with E-state index in [1.165, 1.54) is 11.8 Å². The van der Waals surface area contributed by atoms with Crippen molar-refractivity contribution in [3.8, 4) is 0 Å². The number of hydrogen-bond acceptors (Lipinski definition) is 6. The lowest BCUT2D eigenvalue weighted by Gasteiger charge is -2.26. The fourth-order valence-electron chi connectivity index (χ4n) is 2.54. The van der Waals surface area contributed by atoms with E-state index in [-0.39, 0.29) is 5.95 Å². The Hall–Kier alpha value is -2.38. The summed E-state index contributed by atoms with van der Waals surface area (Å²) in [6, 6.07) is 0. The van der Waals surface area contributed by atoms with E-state index >= 15 is 0 Å². The molecule has 0 saturated carbocycles. The summed E-state index contributed by atoms with van der Waals surface area (Å²) in [5.41, 5.74) is 5.43. The number of nitrogens with zero attached hydrogens (tertiary/aromatic N) is 4. The van der Waals surface area contributed by atoms with E-state index in [0.29, 0.717) is 25.5 Å². The average molecular weight is 343 g/mol. The van der Waals surface area contributed by atoms with Crippen LogP contribution >= 0.6 is 0 Å². The second-order valence-corrected chi connectivity index (χ2v) is 6.03. The first kappa shape index (κ1) is 17.4. The second kappa shape index (κ2) is 8.64. The van der Waals surface area contributed by atoms with Gasteiger partial charge in [-0.3, -0.25) is 4.90 Å². The zero-order chi connectivity index (χ0) is 17.5. The van der Waals surface area contributed by atoms with Gasteiger partial charge in [0.2, 0.25) is 5.95 Å². The number of anilines is 1. The molecule has 1 aliphatic heterocycles. The third kappa shape index (κ3) is 5.30. The highest BCUT2D eigenvalue weighted by Crippen LogP contribution is 2.12. The van der Waals surface area contributed by atoms with E-state index in [1.54, 1.807) is 6.21 Å². The molecule has 0 spiro atoms. The Bertz CT molecular complexity index is 720. The van der Waals surface area contributed by atoms with E-state index in [1.807, 2.05) is 12.2 Å². The van der Waals surface area contributed by atoms with Gasteiger partial charge in [0.1, 0.15) is 0 Å². The van der Waals surface area contributed by atoms with Crippen LogP contribution < -0.4 is 5.43 Å². The summed E-state index contributed by atoms with van der Waals surface area (Å²) in [5, 5.41) is 4.15. The molecule has 132 valence electrons. The van der Waals surface area contributed by atoms with Gasteiger partial charge in [-0.2, -0.15) is 5.10 Å². The molecule has 2 heterocycles. The van der Waals surface area contributed by atoms with Gasteiger partial charge < -0.3 is 4.74 Å². The van der Waals surface area contributed by atoms with E-state index < -0.39 is 5.82 Å². The van der Waals surface area contributed by atoms with Gasteiger partial charge in [-0.05, 0) is 18.9 Å². The number of nitrogens with one attached hydrogen (secondary N) is 1. The summed E-state index contributed by atoms with van der Waals surface area (Å²) in [6.45, 7) is 5.41. The Morgan fingerprint density at radius 3 is 3.08 bits per heavy atom. The van der Waals surface area contributed by atoms with Crippen LogP contribution in [0.25, 0.3) is 0 Å². The van der Waals surface area contributed by atoms with Crippen LogP contribution in [0.1, 0.15) is 19.0 Å². The molecule has 0 radical (unpaired) electrons. The Kier molecular flexibility index (Phi) is 6.03. The molecule has 1 fully saturated rings. The lowest BCUT2D eigenvalue weighted by Crippen LogP contribution is -2.36. The van der Waals surface area contributed by atoms with Crippen LogP contribution in [0.2, 0.25) is 0 Å². The lowest BCUT2D eigenvalue weighted by atomic mass is 10.2. The van der Waals surface area contributed by atoms with Gasteiger partial charge in [-0.15, -0.1) is 0 Å². The van der Waals surface area contributed by atoms with E-state index in [0.717, 1.165) is 25.1 Å². The minimum absolute atomic E-state index is 0.286. The number of ether oxygens (including phenoxy) is 1. The molecule has 0 bridgehead atoms. The maximum Gasteiger partial charge on any atom is 0.243 e. The molecule has 0 aromatic carbocycles. The van der Waals surface area contributed by atoms with Crippen molar-refractivity contribution in [2.45, 2.75) is 19.9 Å². The average Bonchev–Trinajstić information content (AvgIpc) is 2.83. The molecule has 2 aliphatic rings. The van der Waals surface area contributed by atoms with Crippen molar-refractivity contribution >= 4 is 12.2 Å². The summed E-state index contributed by atoms with van der Waals surface area (Å²) in [5.74, 6) is -0.120. The third-order valence-corrected chi connectivity index (χ3v) is 4.00. The summed E-state index contributed by atoms with van der Waals surface area (Å²) < 4.78 is 19.2. The van der Waals surface area contributed by atoms with Gasteiger partial charge in [-0.1, -0.05) is 29.9 Å². The van der Waals surface area contributed by atoms with Crippen LogP contribution in [0.3, 0.4) is 0 Å². The Labute approximate surface area is 146 Å². The molecule has 1 saturated heterocycles. The molecule has 1 aromatic heterocycles. The summed E-state index contributed by atoms with van der Waals surface area (Å²) >= 11 is 0. The molecule has 25 heavy (non-hydrogen) atoms. The molecule has 0 atom stereocenters. The highest BCUT2D eigenvalue weighted by atomic mass is 19.1. The van der Waals surface area contributed by atoms with E-state index in [2.05, 4.69) is 44.5 Å². The number of hydrogen-bond donors (Lipinski definition) is 1. The number of rotatable bonds is 5. The topological polar surface area (TPSA) is 62.6 Å². The Balaban J connectivity index is 1.61. The normalized spacial score (nSPS) is 18.8. The van der Waals surface area contributed by atoms with Gasteiger partial charge in [0, 0.05) is 19.6 Å². The highest BCUT2D eigenvalue weighted by Gasteiger charge is 2.15. The summed E-state index contributed by atoms with van der Waals surface area (Å²) in [6.07, 6.45) is 11.9. The minimum atomic E-state index is -0.406. The molecule has 0 amide bonds. The van der Waals surface area contributed by atoms with Crippen molar-refractivity contribution in [3.63, 3.8) is 0 Å². The van der Waals surface area contributed by atoms with Gasteiger partial charge in [-0.25, -0.2) is 19.8 Å². The highest BCUT2D eigenvalue weighted by molar-refractivity contribution is 5.83. The maximum absolute atomic E-state index is 13.9. The van der Waals surface area contributed by atoms with Gasteiger partial charge >= 0.3 is 0 Å². The lowest BCUT2D eigenvalue weighted by molar-refractivity contribution is 0.0331. The molecule has 7 heteroatoms. The number of hydrazone groups is 1. The quantitative estimate of drug-likeness (QED) is 0.658. The van der Waals surface area contributed by atoms with Crippen LogP contribution in [0, 0.1) is 5.82 Å². The first-order chi connectivity index (χ1) is 12.2. The van der Waals surface area contributed by atoms with Crippen molar-refractivity contribution in [2.24, 2.45) is 5.10 Å². The van der Waals surface area contributed by atoms with Crippen LogP contribution in [-0.4, -0.2) is 47.4 Å². The molecule has 1 N–H and O–H groups in total. The number of allylic oxidation sites excluding steroid dienone is 6. The first-order valence-corrected chi connectivity index (χ1v) is 8.35. The summed E-state index contributed by atoms with van der Waals surface area (Å²) in [7, 11) is 0. The van der Waals surface area contributed by atoms with Crippen molar-refractivity contribution in [3.05, 3.63) is 53.2 Å². The third-order valence-electron chi connectivity index (χ3n) is 4.00. The summed E-state index contributed by atoms with van der Waals surface area (Å²) in [4.78, 5) is 10.3. The predicted octanol–water partition coefficient (Wildman–Crippen LogP) is 2.68. The molecule has 1 aliphatic carbocycles. The van der Waals surface area contributed by atoms with Gasteiger partial charge in [0.05, 0.1) is 31.3 Å². The predicted molar refractivity (Wildman–Crippen MR) is 95.8 cm³/mol. The molecular formula is C18H22FN5O. The van der Waals surface area contributed by atoms with E-state index in [9.17, 15) is 4.39 Å². The monoisotopic (exact) mass is 343 g/mol. The first-order valence-electron chi connectivity index (χ1n) is 8.35. The van der Waals surface area contributed by atoms with Gasteiger partial charge in [0.25, 0.3) is 0 Å². The zero-order valence-electron chi connectivity index (χ0n) is 14.3. The smallest absolute Gasteiger partial charge is 0.243 e. The molecule has 6 nitrogen and oxygen atoms in total. The second-order valence-electron chi connectivity index (χ2n) is 6.03. The maximum atomic E-state index is 13.9. The molecular weight excluding hydrogens is 321 g/mol. The molecule has 0 unspecified atom stereocenters. The number of aromatic nitrogens is 2. The van der Waals surface area contributed by atoms with Crippen molar-refractivity contribution in [1.82, 2.24) is 14.9 Å². The van der Waals surface area contributed by atoms with Crippen molar-refractivity contribution < 1.29 is 9.13 Å². The van der Waals surface area contributed by atoms with Gasteiger partial charge in [0.15, 0.2) is 5.82 Å². The molecule has 1 aromatic rings. The van der Waals surface area contributed by atoms with Crippen molar-refractivity contribution in [1.29, 1.82) is 0 Å². The van der Waals surface area contributed by atoms with Crippen LogP contribution in [0.15, 0.2) is 46.7 Å². The SMILES string of the molecule is CC1=CC=CC(/C=N/Nc2ncc(F)c(CN3CCOCC3)n2)=CC1. The minimum Gasteiger partial charge on any atom is -0.379 e. The Morgan fingerprint density at radius 2 is 2.24 bits per heavy atom. The Morgan fingerprint density at radius 1 is 1.40 bits per heavy atom. The number of halogens is 1. The van der Waals surface area contributed by atoms with E-state index in [4.69, 9.17) is 4.74 Å². The van der Waals surface area contributed by atoms with Crippen LogP contribution in [-0.2, 0) is 11.3 Å². The molecule has 3 rings (SSSR count). The largest absolute Gasteiger partial charge is 0.379 e. The zero-order valence-corrected chi connectivity index (χ0v) is 14.3. The fraction of sp³-hybridized carbons (Fsp3) is 0.389. The fourth-order valence-corrected chi connectivity index (χ4v) is 2.54. The van der Waals surface area contributed by atoms with Crippen molar-refractivity contribution in [2.75, 3.05) is 31.7 Å². The van der Waals surface area contributed by atoms with Crippen LogP contribution in [0.4, 0.5) is 10.3 Å². The van der Waals surface area contributed by atoms with Crippen LogP contribution in [0.5, 0.6) is 0 Å².